The molecule has 0 aliphatic carbocycles. The second-order valence-corrected chi connectivity index (χ2v) is 4.90. The van der Waals surface area contributed by atoms with Gasteiger partial charge >= 0.3 is 0 Å². The number of nitrogens with zero attached hydrogens (tertiary/aromatic N) is 4. The van der Waals surface area contributed by atoms with Crippen molar-refractivity contribution in [2.45, 2.75) is 32.2 Å². The van der Waals surface area contributed by atoms with Gasteiger partial charge in [-0.15, -0.1) is 0 Å². The van der Waals surface area contributed by atoms with Gasteiger partial charge in [-0.1, -0.05) is 0 Å². The number of nitrogens with two attached hydrogens (primary N) is 1. The number of piperidine rings is 1. The van der Waals surface area contributed by atoms with E-state index >= 15 is 0 Å². The summed E-state index contributed by atoms with van der Waals surface area (Å²) in [6, 6.07) is -0.265. The molecule has 6 nitrogen and oxygen atoms in total. The third kappa shape index (κ3) is 2.87. The fourth-order valence-corrected chi connectivity index (χ4v) is 2.47. The fourth-order valence-electron chi connectivity index (χ4n) is 2.47. The molecule has 1 amide bonds. The van der Waals surface area contributed by atoms with Gasteiger partial charge in [-0.3, -0.25) is 4.79 Å². The summed E-state index contributed by atoms with van der Waals surface area (Å²) in [7, 11) is 0. The van der Waals surface area contributed by atoms with Crippen LogP contribution in [-0.4, -0.2) is 45.2 Å². The molecule has 0 aromatic carbocycles. The summed E-state index contributed by atoms with van der Waals surface area (Å²) >= 11 is 0. The molecule has 2 heterocycles. The summed E-state index contributed by atoms with van der Waals surface area (Å²) in [6.45, 7) is 4.28. The molecule has 6 heteroatoms. The van der Waals surface area contributed by atoms with Gasteiger partial charge in [-0.25, -0.2) is 9.67 Å². The van der Waals surface area contributed by atoms with Gasteiger partial charge in [-0.2, -0.15) is 5.10 Å². The highest BCUT2D eigenvalue weighted by Crippen LogP contribution is 2.21. The zero-order valence-electron chi connectivity index (χ0n) is 10.8. The van der Waals surface area contributed by atoms with E-state index < -0.39 is 0 Å². The molecule has 1 aliphatic heterocycles. The van der Waals surface area contributed by atoms with Crippen molar-refractivity contribution >= 4 is 5.91 Å². The van der Waals surface area contributed by atoms with E-state index in [4.69, 9.17) is 5.73 Å². The van der Waals surface area contributed by atoms with Gasteiger partial charge in [0, 0.05) is 13.1 Å². The summed E-state index contributed by atoms with van der Waals surface area (Å²) in [5.74, 6) is 0.812. The zero-order valence-corrected chi connectivity index (χ0v) is 10.8. The van der Waals surface area contributed by atoms with Gasteiger partial charge in [0.25, 0.3) is 0 Å². The maximum Gasteiger partial charge on any atom is 0.247 e. The van der Waals surface area contributed by atoms with Crippen molar-refractivity contribution in [3.63, 3.8) is 0 Å². The Morgan fingerprint density at radius 3 is 2.78 bits per heavy atom. The first-order valence-corrected chi connectivity index (χ1v) is 6.55. The Morgan fingerprint density at radius 1 is 1.50 bits per heavy atom. The van der Waals surface area contributed by atoms with Gasteiger partial charge in [0.2, 0.25) is 5.91 Å². The van der Waals surface area contributed by atoms with Crippen LogP contribution in [0.25, 0.3) is 0 Å². The minimum absolute atomic E-state index is 0.131. The SMILES string of the molecule is CC(C(=O)N1CCC(CCN)CC1)n1cncn1. The first-order valence-electron chi connectivity index (χ1n) is 6.55. The summed E-state index contributed by atoms with van der Waals surface area (Å²) < 4.78 is 1.61. The second kappa shape index (κ2) is 5.95. The Morgan fingerprint density at radius 2 is 2.22 bits per heavy atom. The van der Waals surface area contributed by atoms with Gasteiger partial charge in [-0.05, 0) is 38.6 Å². The molecule has 1 saturated heterocycles. The van der Waals surface area contributed by atoms with E-state index in [0.717, 1.165) is 38.9 Å². The third-order valence-corrected chi connectivity index (χ3v) is 3.69. The smallest absolute Gasteiger partial charge is 0.247 e. The molecule has 1 aromatic heterocycles. The van der Waals surface area contributed by atoms with Crippen LogP contribution in [0.5, 0.6) is 0 Å². The van der Waals surface area contributed by atoms with Crippen molar-refractivity contribution in [3.05, 3.63) is 12.7 Å². The predicted molar refractivity (Wildman–Crippen MR) is 67.7 cm³/mol. The van der Waals surface area contributed by atoms with Crippen molar-refractivity contribution < 1.29 is 4.79 Å². The highest BCUT2D eigenvalue weighted by molar-refractivity contribution is 5.80. The van der Waals surface area contributed by atoms with E-state index in [1.807, 2.05) is 11.8 Å². The number of hydrogen-bond donors (Lipinski definition) is 1. The Hall–Kier alpha value is -1.43. The van der Waals surface area contributed by atoms with Crippen molar-refractivity contribution in [1.29, 1.82) is 0 Å². The highest BCUT2D eigenvalue weighted by Gasteiger charge is 2.26. The molecule has 2 rings (SSSR count). The predicted octanol–water partition coefficient (Wildman–Crippen LogP) is 0.427. The molecule has 2 N–H and O–H groups in total. The van der Waals surface area contributed by atoms with Crippen LogP contribution in [-0.2, 0) is 4.79 Å². The quantitative estimate of drug-likeness (QED) is 0.841. The van der Waals surface area contributed by atoms with Crippen molar-refractivity contribution in [2.75, 3.05) is 19.6 Å². The summed E-state index contributed by atoms with van der Waals surface area (Å²) in [4.78, 5) is 18.1. The van der Waals surface area contributed by atoms with Crippen LogP contribution in [0, 0.1) is 5.92 Å². The lowest BCUT2D eigenvalue weighted by atomic mass is 9.93. The number of rotatable bonds is 4. The minimum atomic E-state index is -0.265. The van der Waals surface area contributed by atoms with E-state index in [0.29, 0.717) is 5.92 Å². The first-order chi connectivity index (χ1) is 8.72. The Balaban J connectivity index is 1.87. The van der Waals surface area contributed by atoms with E-state index in [2.05, 4.69) is 10.1 Å². The lowest BCUT2D eigenvalue weighted by molar-refractivity contribution is -0.136. The monoisotopic (exact) mass is 251 g/mol. The van der Waals surface area contributed by atoms with Crippen LogP contribution in [0.2, 0.25) is 0 Å². The van der Waals surface area contributed by atoms with E-state index in [-0.39, 0.29) is 11.9 Å². The second-order valence-electron chi connectivity index (χ2n) is 4.90. The van der Waals surface area contributed by atoms with Crippen LogP contribution in [0.1, 0.15) is 32.2 Å². The third-order valence-electron chi connectivity index (χ3n) is 3.69. The molecule has 1 unspecified atom stereocenters. The molecule has 0 radical (unpaired) electrons. The van der Waals surface area contributed by atoms with E-state index in [9.17, 15) is 4.79 Å². The minimum Gasteiger partial charge on any atom is -0.341 e. The molecule has 1 aliphatic rings. The number of hydrogen-bond acceptors (Lipinski definition) is 4. The number of aromatic nitrogens is 3. The molecule has 1 atom stereocenters. The Labute approximate surface area is 107 Å². The van der Waals surface area contributed by atoms with Crippen LogP contribution >= 0.6 is 0 Å². The highest BCUT2D eigenvalue weighted by atomic mass is 16.2. The Kier molecular flexibility index (Phi) is 4.30. The Bertz CT molecular complexity index is 370. The van der Waals surface area contributed by atoms with Gasteiger partial charge in [0.15, 0.2) is 0 Å². The first kappa shape index (κ1) is 13.0. The summed E-state index contributed by atoms with van der Waals surface area (Å²) in [6.07, 6.45) is 6.24. The van der Waals surface area contributed by atoms with Crippen LogP contribution < -0.4 is 5.73 Å². The maximum absolute atomic E-state index is 12.3. The number of amides is 1. The number of likely N-dealkylation sites (tertiary alicyclic amines) is 1. The molecule has 18 heavy (non-hydrogen) atoms. The summed E-state index contributed by atoms with van der Waals surface area (Å²) in [5, 5.41) is 4.02. The van der Waals surface area contributed by atoms with Gasteiger partial charge in [0.1, 0.15) is 18.7 Å². The van der Waals surface area contributed by atoms with E-state index in [1.165, 1.54) is 6.33 Å². The van der Waals surface area contributed by atoms with Gasteiger partial charge in [0.05, 0.1) is 0 Å². The average molecular weight is 251 g/mol. The number of carbonyl (C=O) groups is 1. The van der Waals surface area contributed by atoms with Crippen molar-refractivity contribution in [3.8, 4) is 0 Å². The van der Waals surface area contributed by atoms with Crippen LogP contribution in [0.4, 0.5) is 0 Å². The van der Waals surface area contributed by atoms with Crippen molar-refractivity contribution in [1.82, 2.24) is 19.7 Å². The molecule has 1 fully saturated rings. The molecule has 0 saturated carbocycles. The number of carbonyl (C=O) groups excluding carboxylic acids is 1. The van der Waals surface area contributed by atoms with E-state index in [1.54, 1.807) is 11.0 Å². The molecular formula is C12H21N5O. The molecule has 1 aromatic rings. The molecule has 0 bridgehead atoms. The normalized spacial score (nSPS) is 18.9. The van der Waals surface area contributed by atoms with Gasteiger partial charge < -0.3 is 10.6 Å². The lowest BCUT2D eigenvalue weighted by Gasteiger charge is -2.33. The average Bonchev–Trinajstić information content (AvgIpc) is 2.92. The summed E-state index contributed by atoms with van der Waals surface area (Å²) in [5.41, 5.74) is 5.57. The lowest BCUT2D eigenvalue weighted by Crippen LogP contribution is -2.42. The zero-order chi connectivity index (χ0) is 13.0. The molecular weight excluding hydrogens is 230 g/mol. The van der Waals surface area contributed by atoms with Crippen LogP contribution in [0.15, 0.2) is 12.7 Å². The maximum atomic E-state index is 12.3. The van der Waals surface area contributed by atoms with Crippen LogP contribution in [0.3, 0.4) is 0 Å². The topological polar surface area (TPSA) is 77.0 Å². The molecule has 100 valence electrons. The van der Waals surface area contributed by atoms with Crippen molar-refractivity contribution in [2.24, 2.45) is 11.7 Å². The molecule has 0 spiro atoms. The largest absolute Gasteiger partial charge is 0.341 e. The standard InChI is InChI=1S/C12H21N5O/c1-10(17-9-14-8-15-17)12(18)16-6-3-11(2-5-13)4-7-16/h8-11H,2-7,13H2,1H3. The fraction of sp³-hybridized carbons (Fsp3) is 0.750.